The minimum Gasteiger partial charge on any atom is -0.353 e. The van der Waals surface area contributed by atoms with Crippen molar-refractivity contribution in [2.45, 2.75) is 50.6 Å². The van der Waals surface area contributed by atoms with E-state index in [0.717, 1.165) is 57.7 Å². The number of amides is 2. The molecule has 7 heteroatoms. The van der Waals surface area contributed by atoms with Crippen molar-refractivity contribution in [2.75, 3.05) is 26.2 Å². The van der Waals surface area contributed by atoms with E-state index in [9.17, 15) is 18.4 Å². The molecule has 0 radical (unpaired) electrons. The molecule has 1 N–H and O–H groups in total. The first-order valence-electron chi connectivity index (χ1n) is 11.0. The Morgan fingerprint density at radius 1 is 0.967 bits per heavy atom. The molecule has 1 aliphatic carbocycles. The van der Waals surface area contributed by atoms with Gasteiger partial charge < -0.3 is 15.1 Å². The maximum atomic E-state index is 13.7. The van der Waals surface area contributed by atoms with Crippen molar-refractivity contribution in [3.05, 3.63) is 41.5 Å². The molecule has 2 saturated heterocycles. The van der Waals surface area contributed by atoms with E-state index >= 15 is 0 Å². The fourth-order valence-electron chi connectivity index (χ4n) is 4.44. The first-order valence-corrected chi connectivity index (χ1v) is 11.0. The number of carbonyl (C=O) groups is 2. The molecule has 3 aliphatic rings. The number of rotatable bonds is 5. The van der Waals surface area contributed by atoms with Crippen LogP contribution in [0.3, 0.4) is 0 Å². The zero-order valence-electron chi connectivity index (χ0n) is 17.2. The molecule has 4 rings (SSSR count). The number of halogens is 2. The van der Waals surface area contributed by atoms with Crippen LogP contribution in [0, 0.1) is 17.6 Å². The maximum absolute atomic E-state index is 13.7. The second-order valence-corrected chi connectivity index (χ2v) is 8.63. The van der Waals surface area contributed by atoms with Crippen molar-refractivity contribution in [1.29, 1.82) is 0 Å². The summed E-state index contributed by atoms with van der Waals surface area (Å²) in [5.41, 5.74) is 0.0758. The summed E-state index contributed by atoms with van der Waals surface area (Å²) in [6, 6.07) is 4.78. The zero-order chi connectivity index (χ0) is 21.1. The highest BCUT2D eigenvalue weighted by Crippen LogP contribution is 2.26. The maximum Gasteiger partial charge on any atom is 0.246 e. The van der Waals surface area contributed by atoms with Crippen molar-refractivity contribution >= 4 is 17.9 Å². The second kappa shape index (κ2) is 9.25. The molecular weight excluding hydrogens is 388 g/mol. The van der Waals surface area contributed by atoms with E-state index in [1.165, 1.54) is 24.3 Å². The van der Waals surface area contributed by atoms with Gasteiger partial charge in [-0.15, -0.1) is 0 Å². The summed E-state index contributed by atoms with van der Waals surface area (Å²) in [5.74, 6) is -1.67. The predicted octanol–water partition coefficient (Wildman–Crippen LogP) is 2.96. The molecule has 2 aliphatic heterocycles. The lowest BCUT2D eigenvalue weighted by Crippen LogP contribution is -2.50. The van der Waals surface area contributed by atoms with Crippen LogP contribution in [0.5, 0.6) is 0 Å². The van der Waals surface area contributed by atoms with E-state index in [-0.39, 0.29) is 23.3 Å². The summed E-state index contributed by atoms with van der Waals surface area (Å²) >= 11 is 0. The summed E-state index contributed by atoms with van der Waals surface area (Å²) in [6.07, 6.45) is 8.49. The highest BCUT2D eigenvalue weighted by Gasteiger charge is 2.33. The number of hydrogen-bond acceptors (Lipinski definition) is 3. The number of nitrogens with zero attached hydrogens (tertiary/aromatic N) is 2. The van der Waals surface area contributed by atoms with Crippen LogP contribution in [-0.2, 0) is 9.59 Å². The van der Waals surface area contributed by atoms with Gasteiger partial charge in [0.1, 0.15) is 0 Å². The molecule has 1 aromatic rings. The van der Waals surface area contributed by atoms with Crippen LogP contribution in [0.15, 0.2) is 24.3 Å². The van der Waals surface area contributed by atoms with E-state index in [0.29, 0.717) is 25.2 Å². The quantitative estimate of drug-likeness (QED) is 0.750. The number of hydrogen-bond donors (Lipinski definition) is 1. The molecule has 2 heterocycles. The van der Waals surface area contributed by atoms with Crippen LogP contribution >= 0.6 is 0 Å². The average molecular weight is 418 g/mol. The molecule has 1 aromatic carbocycles. The van der Waals surface area contributed by atoms with Gasteiger partial charge in [-0.25, -0.2) is 8.78 Å². The van der Waals surface area contributed by atoms with Gasteiger partial charge >= 0.3 is 0 Å². The Balaban J connectivity index is 1.22. The number of carbonyl (C=O) groups excluding carboxylic acids is 2. The molecule has 5 nitrogen and oxygen atoms in total. The number of piperidine rings is 2. The predicted molar refractivity (Wildman–Crippen MR) is 110 cm³/mol. The van der Waals surface area contributed by atoms with Crippen LogP contribution in [0.25, 0.3) is 6.08 Å². The van der Waals surface area contributed by atoms with Gasteiger partial charge in [-0.3, -0.25) is 9.59 Å². The molecule has 0 aromatic heterocycles. The Bertz CT molecular complexity index is 809. The van der Waals surface area contributed by atoms with E-state index in [2.05, 4.69) is 10.2 Å². The number of likely N-dealkylation sites (tertiary alicyclic amines) is 2. The fraction of sp³-hybridized carbons (Fsp3) is 0.565. The Kier molecular flexibility index (Phi) is 6.46. The van der Waals surface area contributed by atoms with Gasteiger partial charge in [-0.05, 0) is 63.8 Å². The standard InChI is InChI=1S/C23H29F2N3O2/c24-20-3-1-2-16(22(20)25)4-7-21(29)28-14-10-19(11-15-28)27-12-8-17(9-13-27)23(30)26-18-5-6-18/h1-4,7,17-19H,5-6,8-15H2,(H,26,30)/b7-4+. The monoisotopic (exact) mass is 417 g/mol. The average Bonchev–Trinajstić information content (AvgIpc) is 3.59. The Hall–Kier alpha value is -2.28. The van der Waals surface area contributed by atoms with Gasteiger partial charge in [0.25, 0.3) is 0 Å². The smallest absolute Gasteiger partial charge is 0.246 e. The van der Waals surface area contributed by atoms with Gasteiger partial charge in [-0.2, -0.15) is 0 Å². The molecule has 3 fully saturated rings. The molecule has 30 heavy (non-hydrogen) atoms. The van der Waals surface area contributed by atoms with Crippen LogP contribution in [0.4, 0.5) is 8.78 Å². The zero-order valence-corrected chi connectivity index (χ0v) is 17.2. The second-order valence-electron chi connectivity index (χ2n) is 8.63. The summed E-state index contributed by atoms with van der Waals surface area (Å²) in [7, 11) is 0. The first kappa shape index (κ1) is 21.0. The van der Waals surface area contributed by atoms with Crippen molar-refractivity contribution < 1.29 is 18.4 Å². The van der Waals surface area contributed by atoms with Crippen molar-refractivity contribution in [3.63, 3.8) is 0 Å². The highest BCUT2D eigenvalue weighted by molar-refractivity contribution is 5.91. The van der Waals surface area contributed by atoms with Crippen molar-refractivity contribution in [1.82, 2.24) is 15.1 Å². The van der Waals surface area contributed by atoms with Crippen molar-refractivity contribution in [3.8, 4) is 0 Å². The molecule has 0 bridgehead atoms. The molecule has 162 valence electrons. The topological polar surface area (TPSA) is 52.7 Å². The van der Waals surface area contributed by atoms with Gasteiger partial charge in [0.2, 0.25) is 11.8 Å². The first-order chi connectivity index (χ1) is 14.5. The summed E-state index contributed by atoms with van der Waals surface area (Å²) in [6.45, 7) is 3.17. The van der Waals surface area contributed by atoms with Gasteiger partial charge in [0.05, 0.1) is 0 Å². The van der Waals surface area contributed by atoms with Crippen LogP contribution < -0.4 is 5.32 Å². The molecule has 2 amide bonds. The lowest BCUT2D eigenvalue weighted by molar-refractivity contribution is -0.129. The fourth-order valence-corrected chi connectivity index (χ4v) is 4.44. The molecular formula is C23H29F2N3O2. The van der Waals surface area contributed by atoms with E-state index in [1.54, 1.807) is 4.90 Å². The minimum atomic E-state index is -0.936. The van der Waals surface area contributed by atoms with Gasteiger partial charge in [0.15, 0.2) is 11.6 Å². The minimum absolute atomic E-state index is 0.0758. The van der Waals surface area contributed by atoms with E-state index in [1.807, 2.05) is 0 Å². The number of nitrogens with one attached hydrogen (secondary N) is 1. The third-order valence-electron chi connectivity index (χ3n) is 6.50. The lowest BCUT2D eigenvalue weighted by atomic mass is 9.92. The SMILES string of the molecule is O=C(NC1CC1)C1CCN(C2CCN(C(=O)/C=C/c3cccc(F)c3F)CC2)CC1. The van der Waals surface area contributed by atoms with Crippen molar-refractivity contribution in [2.24, 2.45) is 5.92 Å². The summed E-state index contributed by atoms with van der Waals surface area (Å²) < 4.78 is 27.0. The van der Waals surface area contributed by atoms with Crippen LogP contribution in [0.1, 0.15) is 44.1 Å². The molecule has 0 atom stereocenters. The normalized spacial score (nSPS) is 21.9. The summed E-state index contributed by atoms with van der Waals surface area (Å²) in [5, 5.41) is 3.11. The lowest BCUT2D eigenvalue weighted by Gasteiger charge is -2.41. The van der Waals surface area contributed by atoms with Gasteiger partial charge in [0, 0.05) is 42.7 Å². The molecule has 0 unspecified atom stereocenters. The highest BCUT2D eigenvalue weighted by atomic mass is 19.2. The van der Waals surface area contributed by atoms with Crippen LogP contribution in [0.2, 0.25) is 0 Å². The third-order valence-corrected chi connectivity index (χ3v) is 6.50. The molecule has 0 spiro atoms. The van der Waals surface area contributed by atoms with Gasteiger partial charge in [-0.1, -0.05) is 12.1 Å². The largest absolute Gasteiger partial charge is 0.353 e. The van der Waals surface area contributed by atoms with E-state index in [4.69, 9.17) is 0 Å². The van der Waals surface area contributed by atoms with E-state index < -0.39 is 11.6 Å². The Morgan fingerprint density at radius 3 is 2.33 bits per heavy atom. The summed E-state index contributed by atoms with van der Waals surface area (Å²) in [4.78, 5) is 28.9. The molecule has 1 saturated carbocycles. The van der Waals surface area contributed by atoms with Crippen LogP contribution in [-0.4, -0.2) is 59.9 Å². The third kappa shape index (κ3) is 5.06. The number of benzene rings is 1. The Labute approximate surface area is 176 Å². The Morgan fingerprint density at radius 2 is 1.67 bits per heavy atom.